The van der Waals surface area contributed by atoms with Crippen LogP contribution in [0, 0.1) is 10.1 Å². The maximum atomic E-state index is 13.0. The van der Waals surface area contributed by atoms with Crippen molar-refractivity contribution in [2.75, 3.05) is 37.4 Å². The molecule has 2 aromatic rings. The molecule has 0 amide bonds. The van der Waals surface area contributed by atoms with Crippen LogP contribution in [0.2, 0.25) is 0 Å². The number of esters is 2. The van der Waals surface area contributed by atoms with Crippen LogP contribution >= 0.6 is 0 Å². The molecule has 0 aliphatic rings. The van der Waals surface area contributed by atoms with Crippen molar-refractivity contribution in [1.82, 2.24) is 0 Å². The third-order valence-corrected chi connectivity index (χ3v) is 5.29. The number of aliphatic hydroxyl groups is 1. The van der Waals surface area contributed by atoms with Crippen molar-refractivity contribution in [3.63, 3.8) is 0 Å². The van der Waals surface area contributed by atoms with E-state index < -0.39 is 31.8 Å². The molecule has 0 aliphatic carbocycles. The van der Waals surface area contributed by atoms with Crippen LogP contribution in [0.15, 0.2) is 41.3 Å². The fourth-order valence-corrected chi connectivity index (χ4v) is 3.64. The number of aliphatic hydroxyl groups excluding tert-OH is 1. The minimum Gasteiger partial charge on any atom is -0.465 e. The molecule has 2 aromatic carbocycles. The number of non-ortho nitro benzene ring substituents is 1. The third-order valence-electron chi connectivity index (χ3n) is 3.94. The number of hydrogen-bond acceptors (Lipinski definition) is 10. The van der Waals surface area contributed by atoms with Gasteiger partial charge in [0.2, 0.25) is 0 Å². The molecule has 0 saturated heterocycles. The summed E-state index contributed by atoms with van der Waals surface area (Å²) in [4.78, 5) is 33.7. The zero-order chi connectivity index (χ0) is 23.2. The number of methoxy groups -OCH3 is 2. The van der Waals surface area contributed by atoms with Gasteiger partial charge in [0.15, 0.2) is 0 Å². The van der Waals surface area contributed by atoms with E-state index in [1.54, 1.807) is 0 Å². The lowest BCUT2D eigenvalue weighted by molar-refractivity contribution is -0.384. The van der Waals surface area contributed by atoms with Crippen molar-refractivity contribution in [2.24, 2.45) is 0 Å². The Balaban J connectivity index is 2.57. The first kappa shape index (κ1) is 23.6. The van der Waals surface area contributed by atoms with Crippen LogP contribution in [0.4, 0.5) is 17.1 Å². The second-order valence-corrected chi connectivity index (χ2v) is 7.65. The summed E-state index contributed by atoms with van der Waals surface area (Å²) in [5.41, 5.74) is -0.830. The predicted octanol–water partition coefficient (Wildman–Crippen LogP) is 1.37. The third kappa shape index (κ3) is 5.67. The summed E-state index contributed by atoms with van der Waals surface area (Å²) < 4.78 is 37.3. The van der Waals surface area contributed by atoms with Gasteiger partial charge >= 0.3 is 11.9 Å². The summed E-state index contributed by atoms with van der Waals surface area (Å²) in [5, 5.41) is 22.8. The van der Waals surface area contributed by atoms with Crippen LogP contribution < -0.4 is 10.0 Å². The van der Waals surface area contributed by atoms with Gasteiger partial charge in [-0.3, -0.25) is 14.8 Å². The minimum atomic E-state index is -4.42. The molecule has 3 N–H and O–H groups in total. The van der Waals surface area contributed by atoms with Crippen LogP contribution in [-0.4, -0.2) is 57.8 Å². The van der Waals surface area contributed by atoms with E-state index >= 15 is 0 Å². The summed E-state index contributed by atoms with van der Waals surface area (Å²) in [7, 11) is -2.25. The van der Waals surface area contributed by atoms with E-state index in [1.165, 1.54) is 6.07 Å². The Bertz CT molecular complexity index is 1080. The molecule has 0 unspecified atom stereocenters. The number of nitro benzene ring substituents is 1. The maximum absolute atomic E-state index is 13.0. The number of sulfonamides is 1. The standard InChI is InChI=1S/C18H19N3O9S/c1-29-17(23)11-7-12(18(24)30-2)9-14(8-11)31(27,28)20-16-10-13(21(25)26)3-4-15(16)19-5-6-22/h3-4,7-10,19-20,22H,5-6H2,1-2H3. The van der Waals surface area contributed by atoms with Gasteiger partial charge in [-0.25, -0.2) is 18.0 Å². The first-order chi connectivity index (χ1) is 14.6. The number of nitro groups is 1. The quantitative estimate of drug-likeness (QED) is 0.286. The second-order valence-electron chi connectivity index (χ2n) is 5.97. The molecule has 13 heteroatoms. The number of carbonyl (C=O) groups is 2. The normalized spacial score (nSPS) is 10.8. The zero-order valence-electron chi connectivity index (χ0n) is 16.4. The number of rotatable bonds is 9. The molecule has 2 rings (SSSR count). The molecule has 0 atom stereocenters. The lowest BCUT2D eigenvalue weighted by Gasteiger charge is -2.15. The second kappa shape index (κ2) is 9.86. The van der Waals surface area contributed by atoms with E-state index in [4.69, 9.17) is 5.11 Å². The van der Waals surface area contributed by atoms with Gasteiger partial charge in [0.05, 0.1) is 53.1 Å². The van der Waals surface area contributed by atoms with Crippen molar-refractivity contribution in [3.8, 4) is 0 Å². The van der Waals surface area contributed by atoms with Crippen molar-refractivity contribution >= 4 is 39.0 Å². The predicted molar refractivity (Wildman–Crippen MR) is 109 cm³/mol. The topological polar surface area (TPSA) is 174 Å². The molecular formula is C18H19N3O9S. The molecule has 0 aliphatic heterocycles. The molecule has 0 spiro atoms. The highest BCUT2D eigenvalue weighted by Crippen LogP contribution is 2.30. The van der Waals surface area contributed by atoms with Crippen molar-refractivity contribution < 1.29 is 37.5 Å². The smallest absolute Gasteiger partial charge is 0.337 e. The number of nitrogens with zero attached hydrogens (tertiary/aromatic N) is 1. The van der Waals surface area contributed by atoms with E-state index in [9.17, 15) is 28.1 Å². The average Bonchev–Trinajstić information content (AvgIpc) is 2.76. The lowest BCUT2D eigenvalue weighted by atomic mass is 10.1. The van der Waals surface area contributed by atoms with E-state index in [0.717, 1.165) is 44.6 Å². The molecule has 0 heterocycles. The summed E-state index contributed by atoms with van der Waals surface area (Å²) >= 11 is 0. The van der Waals surface area contributed by atoms with Crippen molar-refractivity contribution in [2.45, 2.75) is 4.90 Å². The Morgan fingerprint density at radius 3 is 2.10 bits per heavy atom. The fraction of sp³-hybridized carbons (Fsp3) is 0.222. The Hall–Kier alpha value is -3.71. The number of nitrogens with one attached hydrogen (secondary N) is 2. The number of carbonyl (C=O) groups excluding carboxylic acids is 2. The van der Waals surface area contributed by atoms with Crippen LogP contribution in [0.5, 0.6) is 0 Å². The Kier molecular flexibility index (Phi) is 7.50. The fourth-order valence-electron chi connectivity index (χ4n) is 2.50. The Morgan fingerprint density at radius 2 is 1.61 bits per heavy atom. The number of hydrogen-bond donors (Lipinski definition) is 3. The van der Waals surface area contributed by atoms with Gasteiger partial charge < -0.3 is 19.9 Å². The number of ether oxygens (including phenoxy) is 2. The average molecular weight is 453 g/mol. The van der Waals surface area contributed by atoms with Crippen LogP contribution in [-0.2, 0) is 19.5 Å². The highest BCUT2D eigenvalue weighted by molar-refractivity contribution is 7.92. The summed E-state index contributed by atoms with van der Waals surface area (Å²) in [6.45, 7) is -0.219. The van der Waals surface area contributed by atoms with Crippen molar-refractivity contribution in [1.29, 1.82) is 0 Å². The summed E-state index contributed by atoms with van der Waals surface area (Å²) in [5.74, 6) is -1.77. The molecule has 0 aromatic heterocycles. The SMILES string of the molecule is COC(=O)c1cc(C(=O)OC)cc(S(=O)(=O)Nc2cc([N+](=O)[O-])ccc2NCCO)c1. The minimum absolute atomic E-state index is 0.0524. The molecule has 0 fully saturated rings. The summed E-state index contributed by atoms with van der Waals surface area (Å²) in [6, 6.07) is 6.50. The van der Waals surface area contributed by atoms with Gasteiger partial charge in [-0.2, -0.15) is 0 Å². The molecule has 31 heavy (non-hydrogen) atoms. The van der Waals surface area contributed by atoms with Crippen LogP contribution in [0.1, 0.15) is 20.7 Å². The number of benzene rings is 2. The highest BCUT2D eigenvalue weighted by atomic mass is 32.2. The molecule has 12 nitrogen and oxygen atoms in total. The van der Waals surface area contributed by atoms with Gasteiger partial charge in [0, 0.05) is 18.7 Å². The van der Waals surface area contributed by atoms with Gasteiger partial charge in [-0.1, -0.05) is 0 Å². The summed E-state index contributed by atoms with van der Waals surface area (Å²) in [6.07, 6.45) is 0. The van der Waals surface area contributed by atoms with Gasteiger partial charge in [0.1, 0.15) is 0 Å². The molecule has 0 radical (unpaired) electrons. The Morgan fingerprint density at radius 1 is 1.03 bits per heavy atom. The number of anilines is 2. The van der Waals surface area contributed by atoms with Gasteiger partial charge in [0.25, 0.3) is 15.7 Å². The molecule has 166 valence electrons. The van der Waals surface area contributed by atoms with E-state index in [-0.39, 0.29) is 41.3 Å². The van der Waals surface area contributed by atoms with Crippen LogP contribution in [0.3, 0.4) is 0 Å². The zero-order valence-corrected chi connectivity index (χ0v) is 17.3. The molecule has 0 saturated carbocycles. The molecule has 0 bridgehead atoms. The van der Waals surface area contributed by atoms with Crippen LogP contribution in [0.25, 0.3) is 0 Å². The Labute approximate surface area is 177 Å². The van der Waals surface area contributed by atoms with E-state index in [2.05, 4.69) is 19.5 Å². The van der Waals surface area contributed by atoms with Gasteiger partial charge in [-0.15, -0.1) is 0 Å². The monoisotopic (exact) mass is 453 g/mol. The highest BCUT2D eigenvalue weighted by Gasteiger charge is 2.23. The molecular weight excluding hydrogens is 434 g/mol. The van der Waals surface area contributed by atoms with E-state index in [0.29, 0.717) is 0 Å². The van der Waals surface area contributed by atoms with Gasteiger partial charge in [-0.05, 0) is 24.3 Å². The first-order valence-electron chi connectivity index (χ1n) is 8.60. The first-order valence-corrected chi connectivity index (χ1v) is 10.1. The van der Waals surface area contributed by atoms with Crippen molar-refractivity contribution in [3.05, 3.63) is 57.6 Å². The lowest BCUT2D eigenvalue weighted by Crippen LogP contribution is -2.17. The maximum Gasteiger partial charge on any atom is 0.337 e. The largest absolute Gasteiger partial charge is 0.465 e. The van der Waals surface area contributed by atoms with E-state index in [1.807, 2.05) is 0 Å².